The molecule has 1 saturated carbocycles. The Morgan fingerprint density at radius 1 is 1.56 bits per heavy atom. The van der Waals surface area contributed by atoms with Crippen LogP contribution in [0.5, 0.6) is 0 Å². The smallest absolute Gasteiger partial charge is 0.348 e. The minimum atomic E-state index is -1.01. The molecular weight excluding hydrogens is 226 g/mol. The molecule has 1 aliphatic carbocycles. The number of carboxylic acids is 1. The van der Waals surface area contributed by atoms with Crippen molar-refractivity contribution < 1.29 is 9.90 Å². The fourth-order valence-corrected chi connectivity index (χ4v) is 2.53. The third-order valence-electron chi connectivity index (χ3n) is 2.64. The van der Waals surface area contributed by atoms with Gasteiger partial charge in [-0.2, -0.15) is 0 Å². The van der Waals surface area contributed by atoms with Gasteiger partial charge >= 0.3 is 5.97 Å². The van der Waals surface area contributed by atoms with Crippen LogP contribution in [-0.2, 0) is 0 Å². The van der Waals surface area contributed by atoms with Crippen LogP contribution in [0.15, 0.2) is 6.20 Å². The van der Waals surface area contributed by atoms with Crippen LogP contribution in [0.1, 0.15) is 34.3 Å². The number of aromatic carboxylic acids is 1. The maximum Gasteiger partial charge on any atom is 0.348 e. The number of hydrogen-bond donors (Lipinski definition) is 2. The molecule has 3 rings (SSSR count). The molecule has 0 aliphatic heterocycles. The Hall–Kier alpha value is -1.69. The van der Waals surface area contributed by atoms with Crippen LogP contribution in [0, 0.1) is 0 Å². The van der Waals surface area contributed by atoms with Gasteiger partial charge in [0, 0.05) is 12.1 Å². The molecule has 2 aromatic rings. The largest absolute Gasteiger partial charge is 0.477 e. The van der Waals surface area contributed by atoms with E-state index in [0.29, 0.717) is 16.1 Å². The van der Waals surface area contributed by atoms with Crippen molar-refractivity contribution in [3.8, 4) is 0 Å². The number of fused-ring (bicyclic) bond motifs is 1. The van der Waals surface area contributed by atoms with E-state index in [1.807, 2.05) is 0 Å². The lowest BCUT2D eigenvalue weighted by molar-refractivity contribution is 0.0703. The highest BCUT2D eigenvalue weighted by Crippen LogP contribution is 2.40. The van der Waals surface area contributed by atoms with Gasteiger partial charge in [0.05, 0.1) is 11.1 Å². The van der Waals surface area contributed by atoms with E-state index < -0.39 is 5.97 Å². The fourth-order valence-electron chi connectivity index (χ4n) is 1.61. The van der Waals surface area contributed by atoms with Crippen molar-refractivity contribution in [1.82, 2.24) is 9.97 Å². The average molecular weight is 235 g/mol. The third kappa shape index (κ3) is 1.34. The van der Waals surface area contributed by atoms with Crippen molar-refractivity contribution in [1.29, 1.82) is 0 Å². The van der Waals surface area contributed by atoms with Crippen LogP contribution in [0.4, 0.5) is 5.69 Å². The number of rotatable bonds is 2. The maximum absolute atomic E-state index is 10.9. The zero-order valence-electron chi connectivity index (χ0n) is 8.30. The topological polar surface area (TPSA) is 89.1 Å². The third-order valence-corrected chi connectivity index (χ3v) is 3.75. The highest BCUT2D eigenvalue weighted by atomic mass is 32.1. The highest BCUT2D eigenvalue weighted by Gasteiger charge is 2.27. The summed E-state index contributed by atoms with van der Waals surface area (Å²) in [6.45, 7) is 0. The second-order valence-corrected chi connectivity index (χ2v) is 4.87. The van der Waals surface area contributed by atoms with E-state index in [4.69, 9.17) is 10.8 Å². The molecule has 82 valence electrons. The van der Waals surface area contributed by atoms with E-state index >= 15 is 0 Å². The summed E-state index contributed by atoms with van der Waals surface area (Å²) in [6.07, 6.45) is 3.88. The normalized spacial score (nSPS) is 15.5. The molecule has 6 heteroatoms. The fraction of sp³-hybridized carbons (Fsp3) is 0.300. The van der Waals surface area contributed by atoms with E-state index in [0.717, 1.165) is 30.0 Å². The van der Waals surface area contributed by atoms with Gasteiger partial charge in [0.25, 0.3) is 0 Å². The van der Waals surface area contributed by atoms with Gasteiger partial charge in [-0.15, -0.1) is 11.3 Å². The molecule has 2 heterocycles. The molecule has 0 amide bonds. The molecule has 5 nitrogen and oxygen atoms in total. The van der Waals surface area contributed by atoms with E-state index in [2.05, 4.69) is 9.97 Å². The molecule has 0 unspecified atom stereocenters. The number of anilines is 1. The molecule has 1 fully saturated rings. The Morgan fingerprint density at radius 3 is 2.94 bits per heavy atom. The predicted molar refractivity (Wildman–Crippen MR) is 60.8 cm³/mol. The summed E-state index contributed by atoms with van der Waals surface area (Å²) in [5, 5.41) is 9.58. The Balaban J connectivity index is 2.20. The second kappa shape index (κ2) is 3.15. The number of aromatic nitrogens is 2. The minimum Gasteiger partial charge on any atom is -0.477 e. The van der Waals surface area contributed by atoms with Gasteiger partial charge in [0.1, 0.15) is 15.5 Å². The van der Waals surface area contributed by atoms with Crippen LogP contribution in [0.3, 0.4) is 0 Å². The predicted octanol–water partition coefficient (Wildman–Crippen LogP) is 1.85. The zero-order valence-corrected chi connectivity index (χ0v) is 9.12. The lowest BCUT2D eigenvalue weighted by atomic mass is 10.3. The molecule has 0 aromatic carbocycles. The minimum absolute atomic E-state index is 0.150. The molecule has 2 aromatic heterocycles. The number of carboxylic acid groups (broad SMARTS) is 1. The van der Waals surface area contributed by atoms with Crippen molar-refractivity contribution in [2.75, 3.05) is 5.73 Å². The molecule has 16 heavy (non-hydrogen) atoms. The molecule has 1 aliphatic rings. The lowest BCUT2D eigenvalue weighted by Crippen LogP contribution is -1.97. The summed E-state index contributed by atoms with van der Waals surface area (Å²) < 4.78 is 0. The number of thiophene rings is 1. The van der Waals surface area contributed by atoms with Gasteiger partial charge in [-0.3, -0.25) is 0 Å². The SMILES string of the molecule is Nc1c(C(=O)O)sc2nc(C3CC3)ncc12. The van der Waals surface area contributed by atoms with Crippen LogP contribution >= 0.6 is 11.3 Å². The Labute approximate surface area is 94.9 Å². The van der Waals surface area contributed by atoms with Crippen molar-refractivity contribution in [2.45, 2.75) is 18.8 Å². The van der Waals surface area contributed by atoms with Gasteiger partial charge < -0.3 is 10.8 Å². The molecule has 3 N–H and O–H groups in total. The van der Waals surface area contributed by atoms with Gasteiger partial charge in [0.15, 0.2) is 0 Å². The second-order valence-electron chi connectivity index (χ2n) is 3.87. The quantitative estimate of drug-likeness (QED) is 0.829. The summed E-state index contributed by atoms with van der Waals surface area (Å²) in [7, 11) is 0. The number of hydrogen-bond acceptors (Lipinski definition) is 5. The van der Waals surface area contributed by atoms with E-state index in [1.165, 1.54) is 0 Å². The first-order valence-corrected chi connectivity index (χ1v) is 5.76. The Bertz CT molecular complexity index is 589. The summed E-state index contributed by atoms with van der Waals surface area (Å²) in [5.41, 5.74) is 6.00. The van der Waals surface area contributed by atoms with E-state index in [9.17, 15) is 4.79 Å². The summed E-state index contributed by atoms with van der Waals surface area (Å²) >= 11 is 1.12. The molecular formula is C10H9N3O2S. The summed E-state index contributed by atoms with van der Waals surface area (Å²) in [4.78, 5) is 20.3. The van der Waals surface area contributed by atoms with Crippen LogP contribution in [-0.4, -0.2) is 21.0 Å². The first-order valence-electron chi connectivity index (χ1n) is 4.95. The molecule has 0 spiro atoms. The average Bonchev–Trinajstić information content (AvgIpc) is 3.04. The standard InChI is InChI=1S/C10H9N3O2S/c11-6-5-3-12-8(4-1-2-4)13-9(5)16-7(6)10(14)15/h3-4H,1-2,11H2,(H,14,15). The van der Waals surface area contributed by atoms with Crippen molar-refractivity contribution in [2.24, 2.45) is 0 Å². The van der Waals surface area contributed by atoms with Crippen LogP contribution < -0.4 is 5.73 Å². The van der Waals surface area contributed by atoms with Gasteiger partial charge in [0.2, 0.25) is 0 Å². The Kier molecular flexibility index (Phi) is 1.88. The van der Waals surface area contributed by atoms with Gasteiger partial charge in [-0.1, -0.05) is 0 Å². The first kappa shape index (κ1) is 9.53. The van der Waals surface area contributed by atoms with E-state index in [-0.39, 0.29) is 10.6 Å². The first-order chi connectivity index (χ1) is 7.66. The summed E-state index contributed by atoms with van der Waals surface area (Å²) in [5.74, 6) is 0.264. The number of carbonyl (C=O) groups is 1. The maximum atomic E-state index is 10.9. The van der Waals surface area contributed by atoms with Crippen LogP contribution in [0.2, 0.25) is 0 Å². The molecule has 0 radical (unpaired) electrons. The number of nitrogens with zero attached hydrogens (tertiary/aromatic N) is 2. The zero-order chi connectivity index (χ0) is 11.3. The monoisotopic (exact) mass is 235 g/mol. The van der Waals surface area contributed by atoms with Crippen molar-refractivity contribution in [3.05, 3.63) is 16.9 Å². The number of nitrogens with two attached hydrogens (primary N) is 1. The summed E-state index contributed by atoms with van der Waals surface area (Å²) in [6, 6.07) is 0. The molecule has 0 bridgehead atoms. The van der Waals surface area contributed by atoms with E-state index in [1.54, 1.807) is 6.20 Å². The number of nitrogen functional groups attached to an aromatic ring is 1. The highest BCUT2D eigenvalue weighted by molar-refractivity contribution is 7.21. The Morgan fingerprint density at radius 2 is 2.31 bits per heavy atom. The lowest BCUT2D eigenvalue weighted by Gasteiger charge is -1.95. The molecule has 0 atom stereocenters. The van der Waals surface area contributed by atoms with Gasteiger partial charge in [-0.05, 0) is 12.8 Å². The van der Waals surface area contributed by atoms with Crippen molar-refractivity contribution in [3.63, 3.8) is 0 Å². The molecule has 0 saturated heterocycles. The van der Waals surface area contributed by atoms with Crippen molar-refractivity contribution >= 4 is 33.2 Å². The van der Waals surface area contributed by atoms with Gasteiger partial charge in [-0.25, -0.2) is 14.8 Å². The van der Waals surface area contributed by atoms with Crippen LogP contribution in [0.25, 0.3) is 10.2 Å².